The fourth-order valence-electron chi connectivity index (χ4n) is 3.00. The summed E-state index contributed by atoms with van der Waals surface area (Å²) in [4.78, 5) is 1.57. The van der Waals surface area contributed by atoms with E-state index in [0.29, 0.717) is 6.42 Å². The Bertz CT molecular complexity index is 611. The molecule has 0 unspecified atom stereocenters. The van der Waals surface area contributed by atoms with Crippen LogP contribution in [0.15, 0.2) is 5.16 Å². The summed E-state index contributed by atoms with van der Waals surface area (Å²) in [5.74, 6) is 2.28. The Morgan fingerprint density at radius 1 is 1.36 bits per heavy atom. The number of ether oxygens (including phenoxy) is 1. The van der Waals surface area contributed by atoms with Gasteiger partial charge in [0.25, 0.3) is 0 Å². The van der Waals surface area contributed by atoms with E-state index in [1.54, 1.807) is 16.7 Å². The maximum atomic E-state index is 11.6. The van der Waals surface area contributed by atoms with Crippen molar-refractivity contribution in [2.75, 3.05) is 50.1 Å². The molecule has 3 rings (SSSR count). The SMILES string of the molecule is Cn1c(SCC[NH+]2CCOCC2)nnc1[C@@H]1CCS(=O)(=O)C1. The highest BCUT2D eigenvalue weighted by Gasteiger charge is 2.32. The second-order valence-corrected chi connectivity index (χ2v) is 9.25. The van der Waals surface area contributed by atoms with Crippen LogP contribution in [0, 0.1) is 0 Å². The maximum Gasteiger partial charge on any atom is 0.191 e. The molecule has 7 nitrogen and oxygen atoms in total. The van der Waals surface area contributed by atoms with Gasteiger partial charge in [-0.05, 0) is 6.42 Å². The highest BCUT2D eigenvalue weighted by molar-refractivity contribution is 7.99. The minimum absolute atomic E-state index is 0.00159. The second kappa shape index (κ2) is 6.86. The molecule has 2 saturated heterocycles. The van der Waals surface area contributed by atoms with E-state index in [1.165, 1.54) is 0 Å². The van der Waals surface area contributed by atoms with E-state index in [1.807, 2.05) is 11.6 Å². The van der Waals surface area contributed by atoms with Gasteiger partial charge < -0.3 is 14.2 Å². The summed E-state index contributed by atoms with van der Waals surface area (Å²) in [7, 11) is -0.951. The molecule has 124 valence electrons. The molecule has 2 aliphatic rings. The summed E-state index contributed by atoms with van der Waals surface area (Å²) in [6, 6.07) is 0. The Balaban J connectivity index is 1.54. The number of hydrogen-bond donors (Lipinski definition) is 1. The van der Waals surface area contributed by atoms with Crippen LogP contribution in [0.5, 0.6) is 0 Å². The zero-order valence-electron chi connectivity index (χ0n) is 12.8. The Labute approximate surface area is 135 Å². The fraction of sp³-hybridized carbons (Fsp3) is 0.846. The van der Waals surface area contributed by atoms with E-state index in [9.17, 15) is 8.42 Å². The molecular weight excluding hydrogens is 324 g/mol. The van der Waals surface area contributed by atoms with Crippen LogP contribution >= 0.6 is 11.8 Å². The molecule has 0 saturated carbocycles. The molecule has 22 heavy (non-hydrogen) atoms. The van der Waals surface area contributed by atoms with Gasteiger partial charge in [0.1, 0.15) is 18.9 Å². The van der Waals surface area contributed by atoms with Crippen LogP contribution in [0.4, 0.5) is 0 Å². The molecule has 1 atom stereocenters. The van der Waals surface area contributed by atoms with Crippen molar-refractivity contribution in [3.8, 4) is 0 Å². The van der Waals surface area contributed by atoms with Crippen molar-refractivity contribution in [1.82, 2.24) is 14.8 Å². The van der Waals surface area contributed by atoms with E-state index in [0.717, 1.165) is 49.6 Å². The first-order valence-electron chi connectivity index (χ1n) is 7.69. The molecule has 9 heteroatoms. The summed E-state index contributed by atoms with van der Waals surface area (Å²) in [5, 5.41) is 9.35. The predicted molar refractivity (Wildman–Crippen MR) is 84.1 cm³/mol. The van der Waals surface area contributed by atoms with Crippen molar-refractivity contribution in [2.45, 2.75) is 17.5 Å². The number of aromatic nitrogens is 3. The van der Waals surface area contributed by atoms with Crippen molar-refractivity contribution in [2.24, 2.45) is 7.05 Å². The zero-order valence-corrected chi connectivity index (χ0v) is 14.5. The maximum absolute atomic E-state index is 11.6. The number of morpholine rings is 1. The summed E-state index contributed by atoms with van der Waals surface area (Å²) in [6.07, 6.45) is 0.664. The minimum Gasteiger partial charge on any atom is -0.370 e. The van der Waals surface area contributed by atoms with Gasteiger partial charge in [-0.3, -0.25) is 0 Å². The molecular formula is C13H23N4O3S2+. The van der Waals surface area contributed by atoms with Crippen LogP contribution in [0.2, 0.25) is 0 Å². The first kappa shape index (κ1) is 16.2. The largest absolute Gasteiger partial charge is 0.370 e. The molecule has 0 spiro atoms. The molecule has 0 aliphatic carbocycles. The number of nitrogens with one attached hydrogen (secondary N) is 1. The second-order valence-electron chi connectivity index (χ2n) is 5.96. The lowest BCUT2D eigenvalue weighted by Gasteiger charge is -2.23. The van der Waals surface area contributed by atoms with Gasteiger partial charge >= 0.3 is 0 Å². The minimum atomic E-state index is -2.89. The molecule has 0 aromatic carbocycles. The third-order valence-corrected chi connectivity index (χ3v) is 7.14. The van der Waals surface area contributed by atoms with Crippen LogP contribution in [-0.4, -0.2) is 73.3 Å². The van der Waals surface area contributed by atoms with Gasteiger partial charge in [0, 0.05) is 13.0 Å². The van der Waals surface area contributed by atoms with Crippen LogP contribution in [0.3, 0.4) is 0 Å². The monoisotopic (exact) mass is 347 g/mol. The van der Waals surface area contributed by atoms with E-state index in [-0.39, 0.29) is 17.4 Å². The predicted octanol–water partition coefficient (Wildman–Crippen LogP) is -1.28. The lowest BCUT2D eigenvalue weighted by molar-refractivity contribution is -0.905. The van der Waals surface area contributed by atoms with Crippen molar-refractivity contribution in [3.63, 3.8) is 0 Å². The average Bonchev–Trinajstić information content (AvgIpc) is 3.03. The molecule has 3 heterocycles. The summed E-state index contributed by atoms with van der Waals surface area (Å²) < 4.78 is 30.5. The number of sulfone groups is 1. The summed E-state index contributed by atoms with van der Waals surface area (Å²) in [5.41, 5.74) is 0. The number of thioether (sulfide) groups is 1. The van der Waals surface area contributed by atoms with Crippen molar-refractivity contribution in [1.29, 1.82) is 0 Å². The van der Waals surface area contributed by atoms with Gasteiger partial charge in [-0.2, -0.15) is 0 Å². The average molecular weight is 347 g/mol. The Hall–Kier alpha value is -0.640. The molecule has 1 aromatic heterocycles. The molecule has 1 aromatic rings. The van der Waals surface area contributed by atoms with Crippen molar-refractivity contribution >= 4 is 21.6 Å². The van der Waals surface area contributed by atoms with Crippen LogP contribution < -0.4 is 4.90 Å². The van der Waals surface area contributed by atoms with Crippen molar-refractivity contribution < 1.29 is 18.1 Å². The van der Waals surface area contributed by atoms with Crippen molar-refractivity contribution in [3.05, 3.63) is 5.82 Å². The number of nitrogens with zero attached hydrogens (tertiary/aromatic N) is 3. The van der Waals surface area contributed by atoms with Crippen LogP contribution in [0.25, 0.3) is 0 Å². The first-order valence-corrected chi connectivity index (χ1v) is 10.5. The number of rotatable bonds is 5. The standard InChI is InChI=1S/C13H22N4O3S2/c1-16-12(11-2-9-22(18,19)10-11)14-15-13(16)21-8-5-17-3-6-20-7-4-17/h11H,2-10H2,1H3/p+1/t11-/m1/s1. The van der Waals surface area contributed by atoms with Gasteiger partial charge in [0.2, 0.25) is 0 Å². The highest BCUT2D eigenvalue weighted by Crippen LogP contribution is 2.29. The molecule has 0 radical (unpaired) electrons. The first-order chi connectivity index (χ1) is 10.6. The molecule has 0 amide bonds. The van der Waals surface area contributed by atoms with E-state index >= 15 is 0 Å². The normalized spacial score (nSPS) is 25.6. The summed E-state index contributed by atoms with van der Waals surface area (Å²) >= 11 is 1.70. The fourth-order valence-corrected chi connectivity index (χ4v) is 5.70. The van der Waals surface area contributed by atoms with E-state index in [2.05, 4.69) is 10.2 Å². The Morgan fingerprint density at radius 3 is 2.82 bits per heavy atom. The lowest BCUT2D eigenvalue weighted by Crippen LogP contribution is -3.14. The molecule has 2 fully saturated rings. The lowest BCUT2D eigenvalue weighted by atomic mass is 10.1. The molecule has 1 N–H and O–H groups in total. The molecule has 2 aliphatic heterocycles. The summed E-state index contributed by atoms with van der Waals surface area (Å²) in [6.45, 7) is 4.94. The van der Waals surface area contributed by atoms with Gasteiger partial charge in [-0.15, -0.1) is 10.2 Å². The molecule has 0 bridgehead atoms. The van der Waals surface area contributed by atoms with Gasteiger partial charge in [0.15, 0.2) is 15.0 Å². The van der Waals surface area contributed by atoms with Crippen LogP contribution in [0.1, 0.15) is 18.2 Å². The quantitative estimate of drug-likeness (QED) is 0.669. The van der Waals surface area contributed by atoms with E-state index < -0.39 is 9.84 Å². The van der Waals surface area contributed by atoms with Gasteiger partial charge in [-0.25, -0.2) is 8.42 Å². The van der Waals surface area contributed by atoms with E-state index in [4.69, 9.17) is 4.74 Å². The van der Waals surface area contributed by atoms with Gasteiger partial charge in [0.05, 0.1) is 37.0 Å². The smallest absolute Gasteiger partial charge is 0.191 e. The number of hydrogen-bond acceptors (Lipinski definition) is 6. The topological polar surface area (TPSA) is 78.5 Å². The Morgan fingerprint density at radius 2 is 2.14 bits per heavy atom. The van der Waals surface area contributed by atoms with Gasteiger partial charge in [-0.1, -0.05) is 11.8 Å². The zero-order chi connectivity index (χ0) is 15.6. The van der Waals surface area contributed by atoms with Crippen LogP contribution in [-0.2, 0) is 21.6 Å². The number of quaternary nitrogens is 1. The highest BCUT2D eigenvalue weighted by atomic mass is 32.2. The third kappa shape index (κ3) is 3.81. The third-order valence-electron chi connectivity index (χ3n) is 4.35. The Kier molecular flexibility index (Phi) is 5.06.